The molecule has 3 aromatic rings. The van der Waals surface area contributed by atoms with Crippen molar-refractivity contribution in [1.82, 2.24) is 4.98 Å². The summed E-state index contributed by atoms with van der Waals surface area (Å²) in [5, 5.41) is 0.773. The van der Waals surface area contributed by atoms with Gasteiger partial charge in [-0.3, -0.25) is 9.69 Å². The third-order valence-corrected chi connectivity index (χ3v) is 6.98. The van der Waals surface area contributed by atoms with Crippen LogP contribution in [0.1, 0.15) is 54.9 Å². The Morgan fingerprint density at radius 1 is 1.20 bits per heavy atom. The number of ether oxygens (including phenoxy) is 1. The van der Waals surface area contributed by atoms with Gasteiger partial charge >= 0.3 is 0 Å². The molecule has 5 heteroatoms. The van der Waals surface area contributed by atoms with Crippen LogP contribution in [0, 0.1) is 13.8 Å². The van der Waals surface area contributed by atoms with Crippen molar-refractivity contribution in [1.29, 1.82) is 0 Å². The zero-order valence-corrected chi connectivity index (χ0v) is 19.1. The van der Waals surface area contributed by atoms with E-state index in [1.165, 1.54) is 16.7 Å². The van der Waals surface area contributed by atoms with Gasteiger partial charge in [0, 0.05) is 6.61 Å². The van der Waals surface area contributed by atoms with Gasteiger partial charge in [0.15, 0.2) is 5.13 Å². The maximum absolute atomic E-state index is 13.4. The van der Waals surface area contributed by atoms with Gasteiger partial charge in [0.25, 0.3) is 0 Å². The Bertz CT molecular complexity index is 994. The van der Waals surface area contributed by atoms with E-state index >= 15 is 0 Å². The number of anilines is 1. The van der Waals surface area contributed by atoms with Gasteiger partial charge in [0.1, 0.15) is 0 Å². The van der Waals surface area contributed by atoms with Crippen molar-refractivity contribution < 1.29 is 9.53 Å². The molecule has 1 aliphatic rings. The lowest BCUT2D eigenvalue weighted by molar-refractivity contribution is -0.118. The van der Waals surface area contributed by atoms with Crippen molar-refractivity contribution in [2.45, 2.75) is 59.0 Å². The highest BCUT2D eigenvalue weighted by Gasteiger charge is 2.26. The first-order chi connectivity index (χ1) is 14.4. The molecule has 0 saturated carbocycles. The summed E-state index contributed by atoms with van der Waals surface area (Å²) < 4.78 is 6.97. The average molecular weight is 423 g/mol. The zero-order valence-electron chi connectivity index (χ0n) is 18.3. The molecule has 2 aromatic carbocycles. The Morgan fingerprint density at radius 3 is 2.60 bits per heavy atom. The molecule has 0 spiro atoms. The van der Waals surface area contributed by atoms with Gasteiger partial charge in [-0.25, -0.2) is 4.98 Å². The highest BCUT2D eigenvalue weighted by molar-refractivity contribution is 7.22. The number of carbonyl (C=O) groups excluding carboxylic acids is 1. The van der Waals surface area contributed by atoms with Crippen molar-refractivity contribution in [2.75, 3.05) is 18.1 Å². The summed E-state index contributed by atoms with van der Waals surface area (Å²) >= 11 is 1.60. The summed E-state index contributed by atoms with van der Waals surface area (Å²) in [7, 11) is 0. The topological polar surface area (TPSA) is 42.4 Å². The van der Waals surface area contributed by atoms with Crippen LogP contribution in [0.2, 0.25) is 0 Å². The quantitative estimate of drug-likeness (QED) is 0.505. The largest absolute Gasteiger partial charge is 0.376 e. The third kappa shape index (κ3) is 4.57. The minimum Gasteiger partial charge on any atom is -0.376 e. The molecule has 4 nitrogen and oxygen atoms in total. The van der Waals surface area contributed by atoms with Crippen LogP contribution in [0.4, 0.5) is 5.13 Å². The summed E-state index contributed by atoms with van der Waals surface area (Å²) in [5.74, 6) is 0.565. The number of hydrogen-bond acceptors (Lipinski definition) is 4. The van der Waals surface area contributed by atoms with Crippen LogP contribution >= 0.6 is 11.3 Å². The molecule has 1 aromatic heterocycles. The fourth-order valence-electron chi connectivity index (χ4n) is 3.85. The Kier molecular flexibility index (Phi) is 6.21. The summed E-state index contributed by atoms with van der Waals surface area (Å²) in [6.45, 7) is 9.93. The Labute approximate surface area is 182 Å². The minimum atomic E-state index is 0.0790. The van der Waals surface area contributed by atoms with E-state index in [-0.39, 0.29) is 12.0 Å². The van der Waals surface area contributed by atoms with Crippen molar-refractivity contribution in [2.24, 2.45) is 0 Å². The van der Waals surface area contributed by atoms with Crippen LogP contribution in [0.5, 0.6) is 0 Å². The van der Waals surface area contributed by atoms with Gasteiger partial charge in [-0.15, -0.1) is 0 Å². The second kappa shape index (κ2) is 8.86. The molecule has 30 heavy (non-hydrogen) atoms. The summed E-state index contributed by atoms with van der Waals surface area (Å²) in [6, 6.07) is 12.7. The highest BCUT2D eigenvalue weighted by Crippen LogP contribution is 2.32. The van der Waals surface area contributed by atoms with Crippen molar-refractivity contribution in [3.63, 3.8) is 0 Å². The van der Waals surface area contributed by atoms with Crippen LogP contribution in [-0.2, 0) is 16.0 Å². The summed E-state index contributed by atoms with van der Waals surface area (Å²) in [4.78, 5) is 20.0. The molecule has 158 valence electrons. The first kappa shape index (κ1) is 21.0. The average Bonchev–Trinajstić information content (AvgIpc) is 3.36. The van der Waals surface area contributed by atoms with Crippen molar-refractivity contribution in [3.8, 4) is 0 Å². The molecule has 0 radical (unpaired) electrons. The molecule has 0 bridgehead atoms. The van der Waals surface area contributed by atoms with E-state index in [1.807, 2.05) is 4.90 Å². The molecular weight excluding hydrogens is 392 g/mol. The van der Waals surface area contributed by atoms with Gasteiger partial charge in [0.05, 0.1) is 29.3 Å². The molecule has 1 fully saturated rings. The number of hydrogen-bond donors (Lipinski definition) is 0. The molecule has 2 heterocycles. The lowest BCUT2D eigenvalue weighted by atomic mass is 10.0. The predicted molar refractivity (Wildman–Crippen MR) is 125 cm³/mol. The van der Waals surface area contributed by atoms with E-state index in [0.29, 0.717) is 18.9 Å². The number of nitrogens with zero attached hydrogens (tertiary/aromatic N) is 2. The van der Waals surface area contributed by atoms with Gasteiger partial charge < -0.3 is 4.74 Å². The van der Waals surface area contributed by atoms with Gasteiger partial charge in [-0.2, -0.15) is 0 Å². The summed E-state index contributed by atoms with van der Waals surface area (Å²) in [6.07, 6.45) is 2.52. The molecular formula is C25H30N2O2S. The number of rotatable bonds is 6. The Hall–Kier alpha value is -2.24. The number of thiazole rings is 1. The zero-order chi connectivity index (χ0) is 21.3. The number of benzene rings is 2. The standard InChI is InChI=1S/C25H30N2O2S/c1-16(2)20-9-7-19(8-10-20)14-24(28)27(15-21-6-5-11-29-21)25-26-22-12-17(3)18(4)13-23(22)30-25/h7-10,12-13,16,21H,5-6,11,14-15H2,1-4H3. The van der Waals surface area contributed by atoms with E-state index in [0.717, 1.165) is 40.4 Å². The predicted octanol–water partition coefficient (Wildman–Crippen LogP) is 5.79. The van der Waals surface area contributed by atoms with E-state index in [2.05, 4.69) is 64.1 Å². The van der Waals surface area contributed by atoms with Crippen LogP contribution in [0.3, 0.4) is 0 Å². The molecule has 1 saturated heterocycles. The monoisotopic (exact) mass is 422 g/mol. The van der Waals surface area contributed by atoms with Gasteiger partial charge in [0.2, 0.25) is 5.91 Å². The first-order valence-corrected chi connectivity index (χ1v) is 11.6. The SMILES string of the molecule is Cc1cc2nc(N(CC3CCCO3)C(=O)Cc3ccc(C(C)C)cc3)sc2cc1C. The lowest BCUT2D eigenvalue weighted by Gasteiger charge is -2.23. The minimum absolute atomic E-state index is 0.0790. The van der Waals surface area contributed by atoms with Gasteiger partial charge in [-0.05, 0) is 67.0 Å². The normalized spacial score (nSPS) is 16.5. The smallest absolute Gasteiger partial charge is 0.233 e. The number of aromatic nitrogens is 1. The Balaban J connectivity index is 1.61. The molecule has 1 unspecified atom stereocenters. The molecule has 1 atom stereocenters. The molecule has 0 N–H and O–H groups in total. The number of fused-ring (bicyclic) bond motifs is 1. The fourth-order valence-corrected chi connectivity index (χ4v) is 4.92. The van der Waals surface area contributed by atoms with E-state index in [1.54, 1.807) is 11.3 Å². The highest BCUT2D eigenvalue weighted by atomic mass is 32.1. The Morgan fingerprint density at radius 2 is 1.93 bits per heavy atom. The fraction of sp³-hybridized carbons (Fsp3) is 0.440. The second-order valence-electron chi connectivity index (χ2n) is 8.61. The molecule has 1 amide bonds. The van der Waals surface area contributed by atoms with Crippen LogP contribution in [0.25, 0.3) is 10.2 Å². The molecule has 1 aliphatic heterocycles. The third-order valence-electron chi connectivity index (χ3n) is 5.94. The summed E-state index contributed by atoms with van der Waals surface area (Å²) in [5.41, 5.74) is 5.76. The maximum Gasteiger partial charge on any atom is 0.233 e. The van der Waals surface area contributed by atoms with Crippen molar-refractivity contribution >= 4 is 32.6 Å². The molecule has 4 rings (SSSR count). The first-order valence-electron chi connectivity index (χ1n) is 10.8. The van der Waals surface area contributed by atoms with E-state index < -0.39 is 0 Å². The lowest BCUT2D eigenvalue weighted by Crippen LogP contribution is -2.38. The second-order valence-corrected chi connectivity index (χ2v) is 9.62. The number of amides is 1. The number of aryl methyl sites for hydroxylation is 2. The number of carbonyl (C=O) groups is 1. The van der Waals surface area contributed by atoms with E-state index in [9.17, 15) is 4.79 Å². The van der Waals surface area contributed by atoms with Gasteiger partial charge in [-0.1, -0.05) is 49.4 Å². The van der Waals surface area contributed by atoms with Crippen LogP contribution in [0.15, 0.2) is 36.4 Å². The van der Waals surface area contributed by atoms with Crippen LogP contribution in [-0.4, -0.2) is 30.1 Å². The molecule has 0 aliphatic carbocycles. The van der Waals surface area contributed by atoms with Crippen molar-refractivity contribution in [3.05, 3.63) is 58.7 Å². The van der Waals surface area contributed by atoms with E-state index in [4.69, 9.17) is 9.72 Å². The maximum atomic E-state index is 13.4. The van der Waals surface area contributed by atoms with Crippen LogP contribution < -0.4 is 4.90 Å².